The van der Waals surface area contributed by atoms with Gasteiger partial charge in [-0.05, 0) is 12.8 Å². The van der Waals surface area contributed by atoms with Crippen LogP contribution < -0.4 is 5.32 Å². The van der Waals surface area contributed by atoms with Crippen LogP contribution in [0.4, 0.5) is 0 Å². The summed E-state index contributed by atoms with van der Waals surface area (Å²) >= 11 is 1.79. The van der Waals surface area contributed by atoms with Gasteiger partial charge in [-0.3, -0.25) is 10.1 Å². The summed E-state index contributed by atoms with van der Waals surface area (Å²) < 4.78 is 0. The van der Waals surface area contributed by atoms with E-state index in [1.807, 2.05) is 4.90 Å². The predicted molar refractivity (Wildman–Crippen MR) is 59.2 cm³/mol. The minimum absolute atomic E-state index is 0.0513. The van der Waals surface area contributed by atoms with Crippen molar-refractivity contribution in [3.05, 3.63) is 0 Å². The topological polar surface area (TPSA) is 56.1 Å². The first kappa shape index (κ1) is 10.8. The van der Waals surface area contributed by atoms with Crippen molar-refractivity contribution in [1.82, 2.24) is 10.2 Å². The van der Waals surface area contributed by atoms with Crippen molar-refractivity contribution >= 4 is 17.7 Å². The average molecular weight is 225 g/mol. The van der Waals surface area contributed by atoms with E-state index in [2.05, 4.69) is 11.4 Å². The third kappa shape index (κ3) is 2.11. The van der Waals surface area contributed by atoms with Gasteiger partial charge in [-0.25, -0.2) is 0 Å². The number of nitrogens with zero attached hydrogens (tertiary/aromatic N) is 2. The van der Waals surface area contributed by atoms with Gasteiger partial charge in [-0.15, -0.1) is 11.8 Å². The minimum Gasteiger partial charge on any atom is -0.340 e. The molecule has 1 unspecified atom stereocenters. The Morgan fingerprint density at radius 2 is 2.53 bits per heavy atom. The van der Waals surface area contributed by atoms with Gasteiger partial charge >= 0.3 is 0 Å². The number of nitrogens with one attached hydrogen (secondary N) is 1. The maximum Gasteiger partial charge on any atom is 0.219 e. The van der Waals surface area contributed by atoms with Crippen LogP contribution in [0.15, 0.2) is 0 Å². The number of hydrogen-bond donors (Lipinski definition) is 1. The van der Waals surface area contributed by atoms with E-state index in [0.717, 1.165) is 31.7 Å². The number of likely N-dealkylation sites (tertiary alicyclic amines) is 1. The molecule has 0 bridgehead atoms. The lowest BCUT2D eigenvalue weighted by Crippen LogP contribution is -2.54. The number of amides is 1. The van der Waals surface area contributed by atoms with Gasteiger partial charge < -0.3 is 4.90 Å². The molecule has 2 saturated heterocycles. The van der Waals surface area contributed by atoms with Crippen molar-refractivity contribution in [1.29, 1.82) is 5.26 Å². The Morgan fingerprint density at radius 3 is 3.13 bits per heavy atom. The van der Waals surface area contributed by atoms with Gasteiger partial charge in [0, 0.05) is 25.8 Å². The molecule has 2 fully saturated rings. The highest BCUT2D eigenvalue weighted by Crippen LogP contribution is 2.37. The zero-order valence-corrected chi connectivity index (χ0v) is 9.64. The van der Waals surface area contributed by atoms with Crippen LogP contribution in [-0.4, -0.2) is 40.6 Å². The monoisotopic (exact) mass is 225 g/mol. The van der Waals surface area contributed by atoms with Crippen LogP contribution in [-0.2, 0) is 4.79 Å². The summed E-state index contributed by atoms with van der Waals surface area (Å²) in [6.07, 6.45) is 2.08. The van der Waals surface area contributed by atoms with E-state index < -0.39 is 0 Å². The molecular formula is C10H15N3OS. The van der Waals surface area contributed by atoms with E-state index in [0.29, 0.717) is 0 Å². The van der Waals surface area contributed by atoms with Gasteiger partial charge in [-0.1, -0.05) is 0 Å². The zero-order valence-electron chi connectivity index (χ0n) is 8.82. The molecule has 0 aromatic rings. The molecule has 2 aliphatic rings. The highest BCUT2D eigenvalue weighted by atomic mass is 32.2. The highest BCUT2D eigenvalue weighted by molar-refractivity contribution is 8.01. The van der Waals surface area contributed by atoms with E-state index in [-0.39, 0.29) is 16.8 Å². The largest absolute Gasteiger partial charge is 0.340 e. The fraction of sp³-hybridized carbons (Fsp3) is 0.800. The van der Waals surface area contributed by atoms with E-state index in [1.165, 1.54) is 0 Å². The molecule has 2 atom stereocenters. The molecule has 2 heterocycles. The smallest absolute Gasteiger partial charge is 0.219 e. The number of rotatable bonds is 0. The number of piperidine rings is 1. The van der Waals surface area contributed by atoms with Gasteiger partial charge in [0.1, 0.15) is 6.04 Å². The molecule has 2 aliphatic heterocycles. The van der Waals surface area contributed by atoms with E-state index >= 15 is 0 Å². The second-order valence-electron chi connectivity index (χ2n) is 4.18. The molecule has 1 spiro atoms. The summed E-state index contributed by atoms with van der Waals surface area (Å²) in [5.74, 6) is 0.972. The molecule has 15 heavy (non-hydrogen) atoms. The van der Waals surface area contributed by atoms with Gasteiger partial charge in [0.25, 0.3) is 0 Å². The van der Waals surface area contributed by atoms with Crippen molar-refractivity contribution in [2.75, 3.05) is 18.8 Å². The Bertz CT molecular complexity index is 314. The van der Waals surface area contributed by atoms with Crippen molar-refractivity contribution in [3.63, 3.8) is 0 Å². The summed E-state index contributed by atoms with van der Waals surface area (Å²) in [5, 5.41) is 12.2. The summed E-state index contributed by atoms with van der Waals surface area (Å²) in [6, 6.07) is 2.19. The van der Waals surface area contributed by atoms with E-state index in [1.54, 1.807) is 18.7 Å². The Balaban J connectivity index is 2.04. The molecule has 0 aromatic heterocycles. The van der Waals surface area contributed by atoms with Crippen molar-refractivity contribution < 1.29 is 4.79 Å². The third-order valence-electron chi connectivity index (χ3n) is 3.02. The molecule has 0 aromatic carbocycles. The van der Waals surface area contributed by atoms with E-state index in [4.69, 9.17) is 5.26 Å². The van der Waals surface area contributed by atoms with Crippen LogP contribution in [0.25, 0.3) is 0 Å². The minimum atomic E-state index is -0.0538. The molecule has 82 valence electrons. The number of hydrogen-bond acceptors (Lipinski definition) is 4. The second-order valence-corrected chi connectivity index (χ2v) is 5.58. The molecule has 2 rings (SSSR count). The molecule has 0 aliphatic carbocycles. The van der Waals surface area contributed by atoms with Gasteiger partial charge in [0.2, 0.25) is 5.91 Å². The lowest BCUT2D eigenvalue weighted by atomic mass is 10.0. The first-order valence-corrected chi connectivity index (χ1v) is 6.20. The maximum atomic E-state index is 11.3. The first-order valence-electron chi connectivity index (χ1n) is 5.22. The lowest BCUT2D eigenvalue weighted by Gasteiger charge is -2.39. The van der Waals surface area contributed by atoms with Crippen LogP contribution in [0, 0.1) is 11.3 Å². The number of thioether (sulfide) groups is 1. The van der Waals surface area contributed by atoms with E-state index in [9.17, 15) is 4.79 Å². The predicted octanol–water partition coefficient (Wildman–Crippen LogP) is 0.554. The molecule has 1 N–H and O–H groups in total. The zero-order chi connectivity index (χ0) is 10.9. The Hall–Kier alpha value is -0.730. The van der Waals surface area contributed by atoms with Crippen LogP contribution in [0.1, 0.15) is 19.8 Å². The SMILES string of the molecule is CC(=O)N1CCCC2(C1)N[C@H](C#N)CS2. The summed E-state index contributed by atoms with van der Waals surface area (Å²) in [4.78, 5) is 13.1. The molecule has 1 amide bonds. The molecular weight excluding hydrogens is 210 g/mol. The Labute approximate surface area is 94.0 Å². The first-order chi connectivity index (χ1) is 7.15. The van der Waals surface area contributed by atoms with Crippen LogP contribution >= 0.6 is 11.8 Å². The summed E-state index contributed by atoms with van der Waals surface area (Å²) in [5.41, 5.74) is 0. The fourth-order valence-corrected chi connectivity index (χ4v) is 3.64. The molecule has 5 heteroatoms. The Kier molecular flexibility index (Phi) is 2.89. The van der Waals surface area contributed by atoms with Gasteiger partial charge in [0.05, 0.1) is 10.9 Å². The summed E-state index contributed by atoms with van der Waals surface area (Å²) in [6.45, 7) is 3.21. The summed E-state index contributed by atoms with van der Waals surface area (Å²) in [7, 11) is 0. The number of carbonyl (C=O) groups excluding carboxylic acids is 1. The Morgan fingerprint density at radius 1 is 1.73 bits per heavy atom. The normalized spacial score (nSPS) is 35.5. The van der Waals surface area contributed by atoms with Crippen LogP contribution in [0.5, 0.6) is 0 Å². The van der Waals surface area contributed by atoms with Crippen LogP contribution in [0.2, 0.25) is 0 Å². The molecule has 4 nitrogen and oxygen atoms in total. The van der Waals surface area contributed by atoms with Crippen molar-refractivity contribution in [2.24, 2.45) is 0 Å². The average Bonchev–Trinajstić information content (AvgIpc) is 2.61. The van der Waals surface area contributed by atoms with Gasteiger partial charge in [0.15, 0.2) is 0 Å². The third-order valence-corrected chi connectivity index (χ3v) is 4.52. The number of nitriles is 1. The fourth-order valence-electron chi connectivity index (χ4n) is 2.24. The van der Waals surface area contributed by atoms with Crippen LogP contribution in [0.3, 0.4) is 0 Å². The number of carbonyl (C=O) groups is 1. The second kappa shape index (κ2) is 4.03. The van der Waals surface area contributed by atoms with Crippen molar-refractivity contribution in [2.45, 2.75) is 30.7 Å². The maximum absolute atomic E-state index is 11.3. The van der Waals surface area contributed by atoms with Gasteiger partial charge in [-0.2, -0.15) is 5.26 Å². The molecule has 0 radical (unpaired) electrons. The quantitative estimate of drug-likeness (QED) is 0.654. The highest BCUT2D eigenvalue weighted by Gasteiger charge is 2.42. The van der Waals surface area contributed by atoms with Crippen molar-refractivity contribution in [3.8, 4) is 6.07 Å². The lowest BCUT2D eigenvalue weighted by molar-refractivity contribution is -0.130. The standard InChI is InChI=1S/C10H15N3OS/c1-8(14)13-4-2-3-10(7-13)12-9(5-11)6-15-10/h9,12H,2-4,6-7H2,1H3/t9-,10?/m1/s1. The molecule has 0 saturated carbocycles.